The molecule has 1 aliphatic carbocycles. The molecule has 90 valence electrons. The maximum atomic E-state index is 5.54. The Labute approximate surface area is 101 Å². The number of hydrogen-bond acceptors (Lipinski definition) is 4. The molecule has 1 aliphatic rings. The lowest BCUT2D eigenvalue weighted by molar-refractivity contribution is 0.126. The van der Waals surface area contributed by atoms with Gasteiger partial charge in [-0.15, -0.1) is 11.3 Å². The molecule has 1 fully saturated rings. The van der Waals surface area contributed by atoms with Gasteiger partial charge in [-0.05, 0) is 32.6 Å². The van der Waals surface area contributed by atoms with Crippen LogP contribution in [-0.4, -0.2) is 24.7 Å². The fourth-order valence-corrected chi connectivity index (χ4v) is 2.39. The molecule has 1 N–H and O–H groups in total. The van der Waals surface area contributed by atoms with Crippen LogP contribution in [-0.2, 0) is 11.3 Å². The van der Waals surface area contributed by atoms with Crippen LogP contribution in [0.1, 0.15) is 28.4 Å². The van der Waals surface area contributed by atoms with Crippen LogP contribution in [0.3, 0.4) is 0 Å². The summed E-state index contributed by atoms with van der Waals surface area (Å²) in [4.78, 5) is 5.80. The van der Waals surface area contributed by atoms with E-state index in [0.717, 1.165) is 37.9 Å². The highest BCUT2D eigenvalue weighted by Gasteiger charge is 2.20. The van der Waals surface area contributed by atoms with Crippen molar-refractivity contribution >= 4 is 11.3 Å². The van der Waals surface area contributed by atoms with E-state index in [9.17, 15) is 0 Å². The van der Waals surface area contributed by atoms with Crippen molar-refractivity contribution in [1.29, 1.82) is 0 Å². The molecule has 0 saturated heterocycles. The summed E-state index contributed by atoms with van der Waals surface area (Å²) in [5.74, 6) is 0.865. The standard InChI is InChI=1S/C12H20N2OS/c1-9-10(2)16-12(14-9)7-13-5-6-15-8-11-3-4-11/h11,13H,3-8H2,1-2H3. The number of aromatic nitrogens is 1. The first-order chi connectivity index (χ1) is 7.75. The topological polar surface area (TPSA) is 34.2 Å². The number of hydrogen-bond donors (Lipinski definition) is 1. The summed E-state index contributed by atoms with van der Waals surface area (Å²) in [7, 11) is 0. The van der Waals surface area contributed by atoms with E-state index in [2.05, 4.69) is 24.1 Å². The van der Waals surface area contributed by atoms with Crippen LogP contribution in [0.2, 0.25) is 0 Å². The summed E-state index contributed by atoms with van der Waals surface area (Å²) >= 11 is 1.78. The minimum Gasteiger partial charge on any atom is -0.380 e. The van der Waals surface area contributed by atoms with Crippen molar-refractivity contribution in [3.05, 3.63) is 15.6 Å². The van der Waals surface area contributed by atoms with Crippen molar-refractivity contribution in [1.82, 2.24) is 10.3 Å². The lowest BCUT2D eigenvalue weighted by Gasteiger charge is -2.03. The van der Waals surface area contributed by atoms with E-state index in [1.165, 1.54) is 22.7 Å². The van der Waals surface area contributed by atoms with Crippen molar-refractivity contribution in [3.63, 3.8) is 0 Å². The van der Waals surface area contributed by atoms with Crippen LogP contribution >= 0.6 is 11.3 Å². The predicted octanol–water partition coefficient (Wildman–Crippen LogP) is 2.28. The van der Waals surface area contributed by atoms with Gasteiger partial charge in [-0.2, -0.15) is 0 Å². The van der Waals surface area contributed by atoms with Crippen molar-refractivity contribution in [3.8, 4) is 0 Å². The molecule has 0 aromatic carbocycles. The van der Waals surface area contributed by atoms with E-state index >= 15 is 0 Å². The maximum absolute atomic E-state index is 5.54. The predicted molar refractivity (Wildman–Crippen MR) is 66.8 cm³/mol. The smallest absolute Gasteiger partial charge is 0.107 e. The van der Waals surface area contributed by atoms with Crippen LogP contribution in [0.5, 0.6) is 0 Å². The highest BCUT2D eigenvalue weighted by Crippen LogP contribution is 2.28. The first kappa shape index (κ1) is 12.0. The first-order valence-electron chi connectivity index (χ1n) is 5.97. The maximum Gasteiger partial charge on any atom is 0.107 e. The Bertz CT molecular complexity index is 314. The molecule has 1 saturated carbocycles. The highest BCUT2D eigenvalue weighted by molar-refractivity contribution is 7.11. The van der Waals surface area contributed by atoms with Gasteiger partial charge in [0.15, 0.2) is 0 Å². The SMILES string of the molecule is Cc1nc(CNCCOCC2CC2)sc1C. The summed E-state index contributed by atoms with van der Waals surface area (Å²) in [5, 5.41) is 4.54. The second kappa shape index (κ2) is 5.75. The number of aryl methyl sites for hydroxylation is 2. The summed E-state index contributed by atoms with van der Waals surface area (Å²) < 4.78 is 5.54. The Balaban J connectivity index is 1.53. The average molecular weight is 240 g/mol. The summed E-state index contributed by atoms with van der Waals surface area (Å²) in [6.45, 7) is 7.75. The van der Waals surface area contributed by atoms with E-state index in [-0.39, 0.29) is 0 Å². The van der Waals surface area contributed by atoms with Crippen LogP contribution in [0.25, 0.3) is 0 Å². The van der Waals surface area contributed by atoms with Crippen molar-refractivity contribution in [2.24, 2.45) is 5.92 Å². The molecule has 2 rings (SSSR count). The molecule has 16 heavy (non-hydrogen) atoms. The molecular weight excluding hydrogens is 220 g/mol. The van der Waals surface area contributed by atoms with E-state index in [1.807, 2.05) is 0 Å². The van der Waals surface area contributed by atoms with Crippen molar-refractivity contribution in [2.45, 2.75) is 33.2 Å². The minimum absolute atomic E-state index is 0.819. The molecule has 0 unspecified atom stereocenters. The number of rotatable bonds is 7. The zero-order valence-corrected chi connectivity index (χ0v) is 10.9. The van der Waals surface area contributed by atoms with Gasteiger partial charge in [0.1, 0.15) is 5.01 Å². The fourth-order valence-electron chi connectivity index (χ4n) is 1.49. The fraction of sp³-hybridized carbons (Fsp3) is 0.750. The Kier molecular flexibility index (Phi) is 4.32. The minimum atomic E-state index is 0.819. The third-order valence-electron chi connectivity index (χ3n) is 2.82. The Morgan fingerprint density at radius 1 is 1.44 bits per heavy atom. The molecular formula is C12H20N2OS. The number of nitrogens with zero attached hydrogens (tertiary/aromatic N) is 1. The zero-order valence-electron chi connectivity index (χ0n) is 10.1. The lowest BCUT2D eigenvalue weighted by Crippen LogP contribution is -2.19. The van der Waals surface area contributed by atoms with Gasteiger partial charge in [-0.3, -0.25) is 0 Å². The van der Waals surface area contributed by atoms with Gasteiger partial charge in [0.2, 0.25) is 0 Å². The van der Waals surface area contributed by atoms with Gasteiger partial charge in [-0.25, -0.2) is 4.98 Å². The van der Waals surface area contributed by atoms with Gasteiger partial charge in [-0.1, -0.05) is 0 Å². The molecule has 1 aromatic rings. The van der Waals surface area contributed by atoms with Crippen LogP contribution in [0, 0.1) is 19.8 Å². The Morgan fingerprint density at radius 3 is 2.88 bits per heavy atom. The third-order valence-corrected chi connectivity index (χ3v) is 3.90. The van der Waals surface area contributed by atoms with Crippen LogP contribution in [0.4, 0.5) is 0 Å². The number of ether oxygens (including phenoxy) is 1. The quantitative estimate of drug-likeness (QED) is 0.742. The molecule has 1 heterocycles. The van der Waals surface area contributed by atoms with Gasteiger partial charge in [0.05, 0.1) is 12.3 Å². The van der Waals surface area contributed by atoms with E-state index < -0.39 is 0 Å². The molecule has 0 aliphatic heterocycles. The van der Waals surface area contributed by atoms with Crippen LogP contribution in [0.15, 0.2) is 0 Å². The second-order valence-corrected chi connectivity index (χ2v) is 5.73. The van der Waals surface area contributed by atoms with Gasteiger partial charge >= 0.3 is 0 Å². The second-order valence-electron chi connectivity index (χ2n) is 4.44. The molecule has 4 heteroatoms. The molecule has 3 nitrogen and oxygen atoms in total. The van der Waals surface area contributed by atoms with E-state index in [4.69, 9.17) is 4.74 Å². The first-order valence-corrected chi connectivity index (χ1v) is 6.78. The highest BCUT2D eigenvalue weighted by atomic mass is 32.1. The molecule has 0 amide bonds. The molecule has 1 aromatic heterocycles. The zero-order chi connectivity index (χ0) is 11.4. The number of thiazole rings is 1. The van der Waals surface area contributed by atoms with Gasteiger partial charge < -0.3 is 10.1 Å². The Morgan fingerprint density at radius 2 is 2.25 bits per heavy atom. The van der Waals surface area contributed by atoms with Crippen LogP contribution < -0.4 is 5.32 Å². The number of nitrogens with one attached hydrogen (secondary N) is 1. The van der Waals surface area contributed by atoms with E-state index in [0.29, 0.717) is 0 Å². The summed E-state index contributed by atoms with van der Waals surface area (Å²) in [6.07, 6.45) is 2.73. The largest absolute Gasteiger partial charge is 0.380 e. The van der Waals surface area contributed by atoms with Gasteiger partial charge in [0, 0.05) is 24.6 Å². The molecule has 0 atom stereocenters. The normalized spacial score (nSPS) is 15.6. The lowest BCUT2D eigenvalue weighted by atomic mass is 10.4. The Hall–Kier alpha value is -0.450. The average Bonchev–Trinajstić information content (AvgIpc) is 3.01. The van der Waals surface area contributed by atoms with Gasteiger partial charge in [0.25, 0.3) is 0 Å². The molecule has 0 bridgehead atoms. The van der Waals surface area contributed by atoms with E-state index in [1.54, 1.807) is 11.3 Å². The molecule has 0 spiro atoms. The summed E-state index contributed by atoms with van der Waals surface area (Å²) in [5.41, 5.74) is 1.16. The van der Waals surface area contributed by atoms with Crippen molar-refractivity contribution in [2.75, 3.05) is 19.8 Å². The third kappa shape index (κ3) is 3.85. The molecule has 0 radical (unpaired) electrons. The monoisotopic (exact) mass is 240 g/mol. The summed E-state index contributed by atoms with van der Waals surface area (Å²) in [6, 6.07) is 0. The van der Waals surface area contributed by atoms with Crippen molar-refractivity contribution < 1.29 is 4.74 Å².